The molecule has 2 rings (SSSR count). The second kappa shape index (κ2) is 7.93. The molecule has 0 fully saturated rings. The first-order valence-electron chi connectivity index (χ1n) is 6.77. The van der Waals surface area contributed by atoms with Crippen molar-refractivity contribution in [2.24, 2.45) is 0 Å². The minimum absolute atomic E-state index is 0.348. The minimum atomic E-state index is -1.67. The van der Waals surface area contributed by atoms with Crippen LogP contribution in [0.4, 0.5) is 0 Å². The Morgan fingerprint density at radius 3 is 2.52 bits per heavy atom. The zero-order valence-electron chi connectivity index (χ0n) is 12.3. The number of hydrogen-bond acceptors (Lipinski definition) is 3. The number of furan rings is 1. The summed E-state index contributed by atoms with van der Waals surface area (Å²) in [6, 6.07) is 10.2. The Kier molecular flexibility index (Phi) is 6.18. The van der Waals surface area contributed by atoms with Crippen molar-refractivity contribution < 1.29 is 19.3 Å². The van der Waals surface area contributed by atoms with Crippen molar-refractivity contribution in [2.75, 3.05) is 7.11 Å². The summed E-state index contributed by atoms with van der Waals surface area (Å²) >= 11 is 17.9. The number of quaternary nitrogens is 1. The van der Waals surface area contributed by atoms with Gasteiger partial charge in [0.1, 0.15) is 12.3 Å². The first-order valence-corrected chi connectivity index (χ1v) is 7.91. The molecule has 0 aliphatic heterocycles. The maximum atomic E-state index is 12.3. The van der Waals surface area contributed by atoms with Gasteiger partial charge in [-0.05, 0) is 36.4 Å². The van der Waals surface area contributed by atoms with E-state index in [1.54, 1.807) is 55.1 Å². The van der Waals surface area contributed by atoms with Gasteiger partial charge in [-0.3, -0.25) is 10.1 Å². The van der Waals surface area contributed by atoms with E-state index in [4.69, 9.17) is 44.0 Å². The van der Waals surface area contributed by atoms with Crippen molar-refractivity contribution in [1.29, 1.82) is 0 Å². The normalized spacial score (nSPS) is 12.7. The van der Waals surface area contributed by atoms with Crippen LogP contribution in [0.5, 0.6) is 5.75 Å². The van der Waals surface area contributed by atoms with Gasteiger partial charge in [0.25, 0.3) is 9.70 Å². The molecule has 5 nitrogen and oxygen atoms in total. The third kappa shape index (κ3) is 5.32. The van der Waals surface area contributed by atoms with Crippen molar-refractivity contribution in [3.63, 3.8) is 0 Å². The molecule has 1 aromatic carbocycles. The van der Waals surface area contributed by atoms with Crippen LogP contribution in [0.2, 0.25) is 0 Å². The molecule has 23 heavy (non-hydrogen) atoms. The number of methoxy groups -OCH3 is 1. The fourth-order valence-electron chi connectivity index (χ4n) is 1.90. The molecule has 0 bridgehead atoms. The van der Waals surface area contributed by atoms with E-state index in [1.807, 2.05) is 0 Å². The highest BCUT2D eigenvalue weighted by atomic mass is 35.6. The van der Waals surface area contributed by atoms with Gasteiger partial charge in [-0.15, -0.1) is 0 Å². The Hall–Kier alpha value is -1.40. The van der Waals surface area contributed by atoms with Gasteiger partial charge in [0.2, 0.25) is 6.17 Å². The number of carbonyl (C=O) groups is 1. The van der Waals surface area contributed by atoms with Crippen molar-refractivity contribution >= 4 is 40.7 Å². The third-order valence-electron chi connectivity index (χ3n) is 3.13. The number of halogens is 3. The molecule has 1 aromatic heterocycles. The van der Waals surface area contributed by atoms with Crippen LogP contribution in [0.1, 0.15) is 16.1 Å². The molecule has 1 amide bonds. The smallest absolute Gasteiger partial charge is 0.262 e. The summed E-state index contributed by atoms with van der Waals surface area (Å²) < 4.78 is 8.61. The van der Waals surface area contributed by atoms with Crippen LogP contribution in [0.3, 0.4) is 0 Å². The summed E-state index contributed by atoms with van der Waals surface area (Å²) in [6.45, 7) is 0.425. The first kappa shape index (κ1) is 17.9. The maximum absolute atomic E-state index is 12.3. The van der Waals surface area contributed by atoms with Crippen LogP contribution >= 0.6 is 34.8 Å². The van der Waals surface area contributed by atoms with E-state index in [-0.39, 0.29) is 5.91 Å². The zero-order valence-corrected chi connectivity index (χ0v) is 14.5. The van der Waals surface area contributed by atoms with Crippen molar-refractivity contribution in [3.05, 3.63) is 54.0 Å². The average molecular weight is 379 g/mol. The van der Waals surface area contributed by atoms with Crippen LogP contribution < -0.4 is 15.4 Å². The van der Waals surface area contributed by atoms with Crippen molar-refractivity contribution in [2.45, 2.75) is 16.5 Å². The molecular weight excluding hydrogens is 363 g/mol. The number of rotatable bonds is 6. The summed E-state index contributed by atoms with van der Waals surface area (Å²) in [5.41, 5.74) is 0.441. The van der Waals surface area contributed by atoms with Crippen LogP contribution in [0, 0.1) is 0 Å². The van der Waals surface area contributed by atoms with Crippen LogP contribution in [-0.2, 0) is 6.54 Å². The fourth-order valence-corrected chi connectivity index (χ4v) is 2.34. The number of nitrogens with one attached hydrogen (secondary N) is 1. The maximum Gasteiger partial charge on any atom is 0.262 e. The molecule has 1 unspecified atom stereocenters. The van der Waals surface area contributed by atoms with Crippen LogP contribution in [0.25, 0.3) is 0 Å². The molecule has 0 radical (unpaired) electrons. The number of ether oxygens (including phenoxy) is 1. The standard InChI is InChI=1S/C15H15Cl3N2O3/c1-22-11-6-4-10(5-7-11)13(21)20-14(15(16,17)18)19-9-12-3-2-8-23-12/h2-8,14,19H,9H2,1H3,(H,20,21)/p+1. The predicted molar refractivity (Wildman–Crippen MR) is 88.9 cm³/mol. The summed E-state index contributed by atoms with van der Waals surface area (Å²) in [5, 5.41) is 4.39. The van der Waals surface area contributed by atoms with Gasteiger partial charge in [-0.1, -0.05) is 34.8 Å². The Labute approximate surface area is 148 Å². The van der Waals surface area contributed by atoms with Gasteiger partial charge >= 0.3 is 0 Å². The summed E-state index contributed by atoms with van der Waals surface area (Å²) in [7, 11) is 1.55. The van der Waals surface area contributed by atoms with E-state index in [9.17, 15) is 4.79 Å². The third-order valence-corrected chi connectivity index (χ3v) is 3.83. The van der Waals surface area contributed by atoms with Gasteiger partial charge in [0.15, 0.2) is 5.76 Å². The Morgan fingerprint density at radius 1 is 1.30 bits per heavy atom. The van der Waals surface area contributed by atoms with E-state index in [1.165, 1.54) is 0 Å². The number of hydrogen-bond donors (Lipinski definition) is 2. The highest BCUT2D eigenvalue weighted by molar-refractivity contribution is 6.68. The molecule has 0 aliphatic carbocycles. The van der Waals surface area contributed by atoms with Gasteiger partial charge < -0.3 is 14.5 Å². The number of amides is 1. The molecule has 124 valence electrons. The SMILES string of the molecule is COc1ccc(C(=O)NC([NH2+]Cc2ccco2)C(Cl)(Cl)Cl)cc1. The summed E-state index contributed by atoms with van der Waals surface area (Å²) in [4.78, 5) is 12.3. The lowest BCUT2D eigenvalue weighted by atomic mass is 10.2. The summed E-state index contributed by atoms with van der Waals surface area (Å²) in [5.74, 6) is 1.02. The van der Waals surface area contributed by atoms with E-state index >= 15 is 0 Å². The van der Waals surface area contributed by atoms with Crippen LogP contribution in [-0.4, -0.2) is 23.0 Å². The molecular formula is C15H16Cl3N2O3+. The second-order valence-electron chi connectivity index (χ2n) is 4.74. The average Bonchev–Trinajstić information content (AvgIpc) is 3.03. The van der Waals surface area contributed by atoms with E-state index in [0.717, 1.165) is 0 Å². The molecule has 1 heterocycles. The second-order valence-corrected chi connectivity index (χ2v) is 7.11. The molecule has 0 saturated heterocycles. The number of carbonyl (C=O) groups excluding carboxylic acids is 1. The highest BCUT2D eigenvalue weighted by Gasteiger charge is 2.37. The van der Waals surface area contributed by atoms with E-state index in [0.29, 0.717) is 23.6 Å². The molecule has 0 saturated carbocycles. The first-order chi connectivity index (χ1) is 10.9. The van der Waals surface area contributed by atoms with Crippen LogP contribution in [0.15, 0.2) is 47.1 Å². The Morgan fingerprint density at radius 2 is 2.00 bits per heavy atom. The van der Waals surface area contributed by atoms with Gasteiger partial charge in [0.05, 0.1) is 13.4 Å². The van der Waals surface area contributed by atoms with Gasteiger partial charge in [-0.25, -0.2) is 0 Å². The van der Waals surface area contributed by atoms with Crippen molar-refractivity contribution in [1.82, 2.24) is 5.32 Å². The molecule has 0 spiro atoms. The number of benzene rings is 1. The highest BCUT2D eigenvalue weighted by Crippen LogP contribution is 2.27. The quantitative estimate of drug-likeness (QED) is 0.599. The van der Waals surface area contributed by atoms with E-state index in [2.05, 4.69) is 5.32 Å². The molecule has 2 aromatic rings. The predicted octanol–water partition coefficient (Wildman–Crippen LogP) is 2.48. The lowest BCUT2D eigenvalue weighted by Crippen LogP contribution is -2.95. The monoisotopic (exact) mass is 377 g/mol. The molecule has 0 aliphatic rings. The summed E-state index contributed by atoms with van der Waals surface area (Å²) in [6.07, 6.45) is 0.788. The molecule has 8 heteroatoms. The Balaban J connectivity index is 2.02. The lowest BCUT2D eigenvalue weighted by molar-refractivity contribution is -0.708. The fraction of sp³-hybridized carbons (Fsp3) is 0.267. The zero-order chi connectivity index (χ0) is 16.9. The number of nitrogens with two attached hydrogens (primary N) is 1. The molecule has 1 atom stereocenters. The van der Waals surface area contributed by atoms with Gasteiger partial charge in [0, 0.05) is 5.56 Å². The minimum Gasteiger partial charge on any atom is -0.497 e. The van der Waals surface area contributed by atoms with Crippen molar-refractivity contribution in [3.8, 4) is 5.75 Å². The largest absolute Gasteiger partial charge is 0.497 e. The molecule has 3 N–H and O–H groups in total. The van der Waals surface area contributed by atoms with E-state index < -0.39 is 9.96 Å². The lowest BCUT2D eigenvalue weighted by Gasteiger charge is -2.23. The number of alkyl halides is 3. The Bertz CT molecular complexity index is 624. The topological polar surface area (TPSA) is 68.1 Å². The van der Waals surface area contributed by atoms with Gasteiger partial charge in [-0.2, -0.15) is 0 Å².